The summed E-state index contributed by atoms with van der Waals surface area (Å²) in [5.74, 6) is 0. The van der Waals surface area contributed by atoms with E-state index in [1.807, 2.05) is 6.07 Å². The summed E-state index contributed by atoms with van der Waals surface area (Å²) in [6.07, 6.45) is 9.09. The lowest BCUT2D eigenvalue weighted by atomic mass is 9.87. The summed E-state index contributed by atoms with van der Waals surface area (Å²) >= 11 is 0. The molecule has 188 valence electrons. The smallest absolute Gasteiger partial charge is 0.0464 e. The zero-order chi connectivity index (χ0) is 25.1. The van der Waals surface area contributed by atoms with Crippen LogP contribution in [-0.2, 0) is 0 Å². The number of rotatable bonds is 6. The van der Waals surface area contributed by atoms with E-state index < -0.39 is 0 Å². The maximum absolute atomic E-state index is 3.62. The monoisotopic (exact) mass is 487 g/mol. The Hall–Kier alpha value is -4.08. The summed E-state index contributed by atoms with van der Waals surface area (Å²) < 4.78 is 0. The zero-order valence-corrected chi connectivity index (χ0v) is 21.4. The largest absolute Gasteiger partial charge is 0.378 e. The van der Waals surface area contributed by atoms with Gasteiger partial charge in [0.2, 0.25) is 0 Å². The molecule has 0 aliphatic heterocycles. The van der Waals surface area contributed by atoms with Crippen molar-refractivity contribution in [2.45, 2.75) is 13.5 Å². The number of benzene rings is 4. The number of anilines is 3. The van der Waals surface area contributed by atoms with Crippen molar-refractivity contribution in [3.8, 4) is 0 Å². The molecular formula is C34H37N3. The normalized spacial score (nSPS) is 14.5. The molecule has 0 heterocycles. The number of hydrogen-bond acceptors (Lipinski definition) is 3. The van der Waals surface area contributed by atoms with Crippen molar-refractivity contribution in [3.63, 3.8) is 0 Å². The van der Waals surface area contributed by atoms with E-state index in [-0.39, 0.29) is 7.43 Å². The molecule has 0 fully saturated rings. The lowest BCUT2D eigenvalue weighted by molar-refractivity contribution is 0.390. The molecule has 3 heteroatoms. The van der Waals surface area contributed by atoms with Gasteiger partial charge in [-0.1, -0.05) is 92.4 Å². The molecule has 0 unspecified atom stereocenters. The van der Waals surface area contributed by atoms with Crippen molar-refractivity contribution in [2.75, 3.05) is 38.4 Å². The van der Waals surface area contributed by atoms with Crippen LogP contribution in [0, 0.1) is 0 Å². The first-order valence-corrected chi connectivity index (χ1v) is 12.4. The van der Waals surface area contributed by atoms with Crippen LogP contribution >= 0.6 is 0 Å². The first-order chi connectivity index (χ1) is 17.5. The number of para-hydroxylation sites is 1. The van der Waals surface area contributed by atoms with Crippen LogP contribution in [0.3, 0.4) is 0 Å². The molecule has 4 aromatic rings. The summed E-state index contributed by atoms with van der Waals surface area (Å²) in [6, 6.07) is 32.7. The average Bonchev–Trinajstić information content (AvgIpc) is 2.91. The Morgan fingerprint density at radius 1 is 0.676 bits per heavy atom. The highest BCUT2D eigenvalue weighted by molar-refractivity contribution is 6.05. The van der Waals surface area contributed by atoms with Crippen molar-refractivity contribution >= 4 is 33.4 Å². The predicted molar refractivity (Wildman–Crippen MR) is 163 cm³/mol. The van der Waals surface area contributed by atoms with E-state index in [1.165, 1.54) is 38.7 Å². The van der Waals surface area contributed by atoms with Crippen LogP contribution < -0.4 is 10.2 Å². The fourth-order valence-electron chi connectivity index (χ4n) is 4.74. The molecule has 4 aromatic carbocycles. The molecule has 0 saturated heterocycles. The molecule has 0 amide bonds. The maximum atomic E-state index is 3.62. The van der Waals surface area contributed by atoms with Gasteiger partial charge in [0.05, 0.1) is 0 Å². The number of hydrogen-bond donors (Lipinski definition) is 1. The molecule has 0 atom stereocenters. The Morgan fingerprint density at radius 3 is 1.92 bits per heavy atom. The van der Waals surface area contributed by atoms with Crippen LogP contribution in [-0.4, -0.2) is 39.1 Å². The van der Waals surface area contributed by atoms with Gasteiger partial charge < -0.3 is 10.2 Å². The maximum Gasteiger partial charge on any atom is 0.0464 e. The van der Waals surface area contributed by atoms with Crippen molar-refractivity contribution in [2.24, 2.45) is 0 Å². The van der Waals surface area contributed by atoms with Crippen molar-refractivity contribution in [1.82, 2.24) is 4.90 Å². The number of fused-ring (bicyclic) bond motifs is 1. The van der Waals surface area contributed by atoms with Crippen LogP contribution in [0.2, 0.25) is 0 Å². The molecule has 0 aromatic heterocycles. The molecule has 0 bridgehead atoms. The quantitative estimate of drug-likeness (QED) is 0.296. The molecule has 1 aliphatic carbocycles. The second kappa shape index (κ2) is 11.3. The third-order valence-corrected chi connectivity index (χ3v) is 6.75. The SMILES string of the molecule is C.CN(C)c1ccc(C(=C2C=CC(N(C)C)C=C2)c2ccc(Nc3ccccc3)c3ccccc23)cc1. The van der Waals surface area contributed by atoms with Crippen LogP contribution in [0.5, 0.6) is 0 Å². The standard InChI is InChI=1S/C33H33N3.CH4/c1-35(2)27-18-14-24(15-19-27)33(25-16-20-28(21-17-25)36(3)4)31-22-23-32(30-13-9-8-12-29(30)31)34-26-10-6-5-7-11-26;/h5-23,27,34H,1-4H3;1H4. The summed E-state index contributed by atoms with van der Waals surface area (Å²) in [5.41, 5.74) is 8.29. The highest BCUT2D eigenvalue weighted by Gasteiger charge is 2.17. The van der Waals surface area contributed by atoms with Gasteiger partial charge in [-0.25, -0.2) is 0 Å². The minimum Gasteiger partial charge on any atom is -0.378 e. The van der Waals surface area contributed by atoms with E-state index in [0.717, 1.165) is 11.4 Å². The Kier molecular flexibility index (Phi) is 7.95. The number of likely N-dealkylation sites (N-methyl/N-ethyl adjacent to an activating group) is 1. The minimum absolute atomic E-state index is 0. The van der Waals surface area contributed by atoms with Crippen molar-refractivity contribution in [3.05, 3.63) is 132 Å². The average molecular weight is 488 g/mol. The van der Waals surface area contributed by atoms with Gasteiger partial charge in [0, 0.05) is 42.6 Å². The van der Waals surface area contributed by atoms with Crippen LogP contribution in [0.1, 0.15) is 18.6 Å². The fourth-order valence-corrected chi connectivity index (χ4v) is 4.74. The van der Waals surface area contributed by atoms with Crippen LogP contribution in [0.15, 0.2) is 121 Å². The van der Waals surface area contributed by atoms with Crippen LogP contribution in [0.25, 0.3) is 16.3 Å². The third-order valence-electron chi connectivity index (χ3n) is 6.75. The summed E-state index contributed by atoms with van der Waals surface area (Å²) in [5, 5.41) is 6.05. The first-order valence-electron chi connectivity index (χ1n) is 12.4. The Bertz CT molecular complexity index is 1430. The first kappa shape index (κ1) is 26.0. The molecule has 5 rings (SSSR count). The summed E-state index contributed by atoms with van der Waals surface area (Å²) in [6.45, 7) is 0. The second-order valence-corrected chi connectivity index (χ2v) is 9.64. The molecule has 1 N–H and O–H groups in total. The van der Waals surface area contributed by atoms with E-state index >= 15 is 0 Å². The van der Waals surface area contributed by atoms with Gasteiger partial charge in [-0.05, 0) is 72.1 Å². The third kappa shape index (κ3) is 5.52. The topological polar surface area (TPSA) is 18.5 Å². The van der Waals surface area contributed by atoms with Crippen molar-refractivity contribution in [1.29, 1.82) is 0 Å². The number of nitrogens with one attached hydrogen (secondary N) is 1. The molecule has 0 spiro atoms. The van der Waals surface area contributed by atoms with E-state index in [4.69, 9.17) is 0 Å². The van der Waals surface area contributed by atoms with Gasteiger partial charge in [0.1, 0.15) is 0 Å². The Labute approximate surface area is 222 Å². The van der Waals surface area contributed by atoms with Crippen LogP contribution in [0.4, 0.5) is 17.1 Å². The van der Waals surface area contributed by atoms with Gasteiger partial charge in [-0.15, -0.1) is 0 Å². The minimum atomic E-state index is 0. The van der Waals surface area contributed by atoms with Crippen molar-refractivity contribution < 1.29 is 0 Å². The molecular weight excluding hydrogens is 450 g/mol. The van der Waals surface area contributed by atoms with E-state index in [9.17, 15) is 0 Å². The summed E-state index contributed by atoms with van der Waals surface area (Å²) in [4.78, 5) is 4.35. The molecule has 3 nitrogen and oxygen atoms in total. The van der Waals surface area contributed by atoms with E-state index in [0.29, 0.717) is 6.04 Å². The van der Waals surface area contributed by atoms with E-state index in [2.05, 4.69) is 153 Å². The lowest BCUT2D eigenvalue weighted by Crippen LogP contribution is -2.24. The van der Waals surface area contributed by atoms with Gasteiger partial charge in [0.25, 0.3) is 0 Å². The van der Waals surface area contributed by atoms with E-state index in [1.54, 1.807) is 0 Å². The fraction of sp³-hybridized carbons (Fsp3) is 0.176. The number of nitrogens with zero attached hydrogens (tertiary/aromatic N) is 2. The summed E-state index contributed by atoms with van der Waals surface area (Å²) in [7, 11) is 8.38. The highest BCUT2D eigenvalue weighted by atomic mass is 15.1. The Morgan fingerprint density at radius 2 is 1.30 bits per heavy atom. The Balaban J connectivity index is 0.00000320. The zero-order valence-electron chi connectivity index (χ0n) is 21.4. The molecule has 37 heavy (non-hydrogen) atoms. The van der Waals surface area contributed by atoms with Gasteiger partial charge in [0.15, 0.2) is 0 Å². The highest BCUT2D eigenvalue weighted by Crippen LogP contribution is 2.38. The molecule has 0 radical (unpaired) electrons. The van der Waals surface area contributed by atoms with Gasteiger partial charge in [-0.2, -0.15) is 0 Å². The molecule has 0 saturated carbocycles. The second-order valence-electron chi connectivity index (χ2n) is 9.64. The number of allylic oxidation sites excluding steroid dienone is 3. The predicted octanol–water partition coefficient (Wildman–Crippen LogP) is 8.14. The lowest BCUT2D eigenvalue weighted by Gasteiger charge is -2.23. The van der Waals surface area contributed by atoms with Gasteiger partial charge >= 0.3 is 0 Å². The molecule has 1 aliphatic rings. The van der Waals surface area contributed by atoms with Gasteiger partial charge in [-0.3, -0.25) is 4.90 Å².